The van der Waals surface area contributed by atoms with Crippen LogP contribution >= 0.6 is 15.9 Å². The van der Waals surface area contributed by atoms with E-state index >= 15 is 0 Å². The molecule has 1 aliphatic rings. The van der Waals surface area contributed by atoms with Crippen LogP contribution in [0.4, 0.5) is 11.4 Å². The van der Waals surface area contributed by atoms with E-state index in [0.717, 1.165) is 27.4 Å². The van der Waals surface area contributed by atoms with Gasteiger partial charge in [0, 0.05) is 47.6 Å². The minimum absolute atomic E-state index is 0.0682. The van der Waals surface area contributed by atoms with E-state index in [1.165, 1.54) is 28.6 Å². The van der Waals surface area contributed by atoms with E-state index in [1.807, 2.05) is 34.9 Å². The maximum Gasteiger partial charge on any atom is 0.269 e. The number of nitro benzene ring substituents is 1. The van der Waals surface area contributed by atoms with Crippen LogP contribution in [-0.4, -0.2) is 57.4 Å². The number of benzene rings is 2. The molecule has 3 heterocycles. The fourth-order valence-corrected chi connectivity index (χ4v) is 9.72. The third-order valence-electron chi connectivity index (χ3n) is 9.91. The van der Waals surface area contributed by atoms with Crippen molar-refractivity contribution in [3.63, 3.8) is 0 Å². The Hall–Kier alpha value is -3.09. The number of nitrogens with one attached hydrogen (secondary N) is 1. The van der Waals surface area contributed by atoms with Gasteiger partial charge in [0.1, 0.15) is 12.8 Å². The molecule has 0 bridgehead atoms. The lowest BCUT2D eigenvalue weighted by Gasteiger charge is -2.41. The lowest BCUT2D eigenvalue weighted by atomic mass is 9.85. The summed E-state index contributed by atoms with van der Waals surface area (Å²) in [6.45, 7) is 22.7. The van der Waals surface area contributed by atoms with Crippen LogP contribution < -0.4 is 4.31 Å². The number of aromatic amines is 1. The second kappa shape index (κ2) is 14.0. The zero-order valence-electron chi connectivity index (χ0n) is 31.2. The molecule has 0 saturated carbocycles. The molecule has 0 aliphatic carbocycles. The number of nitro groups is 1. The van der Waals surface area contributed by atoms with E-state index in [4.69, 9.17) is 14.1 Å². The quantitative estimate of drug-likeness (QED) is 0.0730. The number of H-pyrrole nitrogens is 1. The number of ether oxygens (including phenoxy) is 1. The molecule has 0 fully saturated rings. The summed E-state index contributed by atoms with van der Waals surface area (Å²) in [7, 11) is -8.23. The van der Waals surface area contributed by atoms with Crippen molar-refractivity contribution in [2.45, 2.75) is 102 Å². The molecule has 1 aliphatic heterocycles. The highest BCUT2D eigenvalue weighted by molar-refractivity contribution is 9.10. The fourth-order valence-electron chi connectivity index (χ4n) is 5.84. The molecule has 0 saturated heterocycles. The van der Waals surface area contributed by atoms with E-state index in [-0.39, 0.29) is 28.9 Å². The monoisotopic (exact) mass is 815 g/mol. The van der Waals surface area contributed by atoms with Gasteiger partial charge in [0.2, 0.25) is 0 Å². The number of hydrogen-bond donors (Lipinski definition) is 1. The summed E-state index contributed by atoms with van der Waals surface area (Å²) in [5, 5.41) is 12.0. The number of allylic oxidation sites excluding steroid dienone is 1. The van der Waals surface area contributed by atoms with Gasteiger partial charge in [0.05, 0.1) is 45.5 Å². The van der Waals surface area contributed by atoms with Gasteiger partial charge in [0.15, 0.2) is 8.32 Å². The van der Waals surface area contributed by atoms with Crippen LogP contribution in [0.25, 0.3) is 17.0 Å². The fraction of sp³-hybridized carbons (Fsp3) is 0.472. The van der Waals surface area contributed by atoms with Gasteiger partial charge in [-0.1, -0.05) is 76.3 Å². The number of nitrogens with zero attached hydrogens (tertiary/aromatic N) is 4. The summed E-state index contributed by atoms with van der Waals surface area (Å²) in [5.41, 5.74) is 2.57. The average molecular weight is 817 g/mol. The van der Waals surface area contributed by atoms with Crippen LogP contribution in [0.15, 0.2) is 64.2 Å². The summed E-state index contributed by atoms with van der Waals surface area (Å²) in [4.78, 5) is 19.3. The van der Waals surface area contributed by atoms with Crippen molar-refractivity contribution in [1.29, 1.82) is 0 Å². The van der Waals surface area contributed by atoms with E-state index in [2.05, 4.69) is 88.3 Å². The number of rotatable bonds is 10. The zero-order chi connectivity index (χ0) is 37.7. The Labute approximate surface area is 311 Å². The maximum absolute atomic E-state index is 15.0. The van der Waals surface area contributed by atoms with Gasteiger partial charge in [-0.3, -0.25) is 14.4 Å². The van der Waals surface area contributed by atoms with Crippen molar-refractivity contribution < 1.29 is 22.5 Å². The predicted octanol–water partition coefficient (Wildman–Crippen LogP) is 9.61. The molecule has 1 atom stereocenters. The molecule has 0 spiro atoms. The molecule has 0 amide bonds. The molecule has 4 aromatic rings. The number of hydrogen-bond acceptors (Lipinski definition) is 7. The van der Waals surface area contributed by atoms with Crippen LogP contribution in [-0.2, 0) is 31.3 Å². The molecular weight excluding hydrogens is 767 g/mol. The van der Waals surface area contributed by atoms with Crippen molar-refractivity contribution in [3.05, 3.63) is 86.5 Å². The topological polar surface area (TPSA) is 133 Å². The Balaban J connectivity index is 1.78. The van der Waals surface area contributed by atoms with Crippen LogP contribution in [0.5, 0.6) is 0 Å². The first-order valence-corrected chi connectivity index (χ1v) is 26.0. The Bertz CT molecular complexity index is 2060. The van der Waals surface area contributed by atoms with Gasteiger partial charge in [-0.25, -0.2) is 13.4 Å². The minimum atomic E-state index is -4.32. The molecule has 1 N–H and O–H groups in total. The second-order valence-electron chi connectivity index (χ2n) is 16.6. The molecule has 15 heteroatoms. The molecule has 2 aromatic heterocycles. The third-order valence-corrected chi connectivity index (χ3v) is 18.4. The number of halogens is 1. The zero-order valence-corrected chi connectivity index (χ0v) is 35.6. The number of imidazole rings is 1. The van der Waals surface area contributed by atoms with E-state index in [9.17, 15) is 18.5 Å². The van der Waals surface area contributed by atoms with Crippen molar-refractivity contribution in [2.75, 3.05) is 17.5 Å². The van der Waals surface area contributed by atoms with Gasteiger partial charge < -0.3 is 18.7 Å². The standard InChI is InChI=1S/C36H50BrN5O6SSi2/c1-35(2,3)51(9,10)48-31-22-41(49(45,46)27-14-12-26(13-15-27)42(43)44)32-28-16-11-25(37)21-30(28)39-29(32)17-18-36(4,5)34-33(31)40(23-38-34)24-47-19-20-50(6,7)8/h11-18,21,23,31,39H,19-20,22,24H2,1-10H3/b18-17+. The number of non-ortho nitro benzene ring substituents is 1. The summed E-state index contributed by atoms with van der Waals surface area (Å²) >= 11 is 3.57. The van der Waals surface area contributed by atoms with E-state index in [0.29, 0.717) is 23.4 Å². The minimum Gasteiger partial charge on any atom is -0.406 e. The first-order valence-electron chi connectivity index (χ1n) is 17.1. The van der Waals surface area contributed by atoms with Crippen LogP contribution in [0, 0.1) is 10.1 Å². The first-order chi connectivity index (χ1) is 23.5. The molecule has 2 aromatic carbocycles. The summed E-state index contributed by atoms with van der Waals surface area (Å²) < 4.78 is 47.8. The highest BCUT2D eigenvalue weighted by Gasteiger charge is 2.44. The normalized spacial score (nSPS) is 17.6. The molecule has 51 heavy (non-hydrogen) atoms. The lowest BCUT2D eigenvalue weighted by molar-refractivity contribution is -0.384. The second-order valence-corrected chi connectivity index (χ2v) is 29.7. The highest BCUT2D eigenvalue weighted by atomic mass is 79.9. The smallest absolute Gasteiger partial charge is 0.269 e. The molecule has 5 rings (SSSR count). The summed E-state index contributed by atoms with van der Waals surface area (Å²) in [5.74, 6) is 0. The Morgan fingerprint density at radius 1 is 1.10 bits per heavy atom. The maximum atomic E-state index is 15.0. The first kappa shape index (κ1) is 39.1. The van der Waals surface area contributed by atoms with Gasteiger partial charge in [-0.05, 0) is 60.6 Å². The van der Waals surface area contributed by atoms with Crippen LogP contribution in [0.3, 0.4) is 0 Å². The SMILES string of the molecule is CC1(C)/C=C/c2[nH]c3cc(Br)ccc3c2N(S(=O)(=O)c2ccc([N+](=O)[O-])cc2)CC(O[Si](C)(C)C(C)(C)C)c2c1ncn2COCC[Si](C)(C)C. The number of aromatic nitrogens is 3. The summed E-state index contributed by atoms with van der Waals surface area (Å²) in [6.07, 6.45) is 4.99. The highest BCUT2D eigenvalue weighted by Crippen LogP contribution is 2.45. The Morgan fingerprint density at radius 2 is 1.76 bits per heavy atom. The molecular formula is C36H50BrN5O6SSi2. The van der Waals surface area contributed by atoms with Gasteiger partial charge >= 0.3 is 0 Å². The van der Waals surface area contributed by atoms with Gasteiger partial charge in [0.25, 0.3) is 15.7 Å². The predicted molar refractivity (Wildman–Crippen MR) is 213 cm³/mol. The number of anilines is 1. The van der Waals surface area contributed by atoms with Crippen LogP contribution in [0.1, 0.15) is 57.8 Å². The Morgan fingerprint density at radius 3 is 2.37 bits per heavy atom. The Kier molecular flexibility index (Phi) is 10.8. The molecule has 11 nitrogen and oxygen atoms in total. The van der Waals surface area contributed by atoms with Crippen molar-refractivity contribution in [2.24, 2.45) is 0 Å². The van der Waals surface area contributed by atoms with Gasteiger partial charge in [-0.2, -0.15) is 0 Å². The molecule has 0 radical (unpaired) electrons. The van der Waals surface area contributed by atoms with Crippen molar-refractivity contribution in [1.82, 2.24) is 14.5 Å². The van der Waals surface area contributed by atoms with Crippen molar-refractivity contribution >= 4 is 70.7 Å². The molecule has 1 unspecified atom stereocenters. The lowest BCUT2D eigenvalue weighted by Crippen LogP contribution is -2.46. The summed E-state index contributed by atoms with van der Waals surface area (Å²) in [6, 6.07) is 11.7. The molecule has 276 valence electrons. The third kappa shape index (κ3) is 8.28. The number of sulfonamides is 1. The number of fused-ring (bicyclic) bond motifs is 4. The van der Waals surface area contributed by atoms with Gasteiger partial charge in [-0.15, -0.1) is 0 Å². The largest absolute Gasteiger partial charge is 0.406 e. The van der Waals surface area contributed by atoms with Crippen LogP contribution in [0.2, 0.25) is 43.8 Å². The van der Waals surface area contributed by atoms with E-state index < -0.39 is 42.9 Å². The van der Waals surface area contributed by atoms with Crippen molar-refractivity contribution in [3.8, 4) is 0 Å². The average Bonchev–Trinajstić information content (AvgIpc) is 3.60. The van der Waals surface area contributed by atoms with E-state index in [1.54, 1.807) is 6.33 Å².